The van der Waals surface area contributed by atoms with Crippen molar-refractivity contribution in [3.05, 3.63) is 0 Å². The Kier molecular flexibility index (Phi) is 23.4. The molecular formula is C24H51ClO3Si. The molecule has 0 atom stereocenters. The summed E-state index contributed by atoms with van der Waals surface area (Å²) in [5.74, 6) is 0. The monoisotopic (exact) mass is 450 g/mol. The van der Waals surface area contributed by atoms with Crippen molar-refractivity contribution >= 4 is 19.2 Å². The van der Waals surface area contributed by atoms with Gasteiger partial charge < -0.3 is 13.3 Å². The van der Waals surface area contributed by atoms with Gasteiger partial charge in [0.25, 0.3) is 0 Å². The van der Waals surface area contributed by atoms with Crippen LogP contribution in [0.15, 0.2) is 0 Å². The first-order valence-corrected chi connectivity index (χ1v) is 15.5. The molecule has 3 nitrogen and oxygen atoms in total. The summed E-state index contributed by atoms with van der Waals surface area (Å²) >= 11 is 6.70. The summed E-state index contributed by atoms with van der Waals surface area (Å²) in [4.78, 5) is 0. The first-order chi connectivity index (χ1) is 14.2. The van der Waals surface area contributed by atoms with E-state index in [0.29, 0.717) is 19.8 Å². The van der Waals surface area contributed by atoms with Crippen molar-refractivity contribution in [3.63, 3.8) is 0 Å². The molecule has 0 radical (unpaired) electrons. The Morgan fingerprint density at radius 2 is 0.655 bits per heavy atom. The van der Waals surface area contributed by atoms with Crippen molar-refractivity contribution in [2.24, 2.45) is 0 Å². The second kappa shape index (κ2) is 23.1. The van der Waals surface area contributed by atoms with E-state index in [1.54, 1.807) is 0 Å². The molecule has 0 amide bonds. The van der Waals surface area contributed by atoms with Gasteiger partial charge in [-0.25, -0.2) is 0 Å². The molecule has 0 aromatic rings. The lowest BCUT2D eigenvalue weighted by molar-refractivity contribution is 0.0767. The average molecular weight is 451 g/mol. The summed E-state index contributed by atoms with van der Waals surface area (Å²) < 4.78 is 18.0. The van der Waals surface area contributed by atoms with Gasteiger partial charge in [-0.1, -0.05) is 128 Å². The third kappa shape index (κ3) is 21.4. The molecule has 5 heteroatoms. The minimum Gasteiger partial charge on any atom is -0.362 e. The molecule has 0 unspecified atom stereocenters. The third-order valence-electron chi connectivity index (χ3n) is 5.32. The average Bonchev–Trinajstić information content (AvgIpc) is 2.72. The lowest BCUT2D eigenvalue weighted by Crippen LogP contribution is -2.41. The fourth-order valence-corrected chi connectivity index (χ4v) is 5.46. The molecule has 0 saturated heterocycles. The highest BCUT2D eigenvalue weighted by atomic mass is 35.6. The molecular weight excluding hydrogens is 400 g/mol. The highest BCUT2D eigenvalue weighted by Crippen LogP contribution is 2.19. The second-order valence-corrected chi connectivity index (χ2v) is 11.5. The van der Waals surface area contributed by atoms with E-state index in [1.165, 1.54) is 96.3 Å². The summed E-state index contributed by atoms with van der Waals surface area (Å²) in [6, 6.07) is 0. The zero-order valence-corrected chi connectivity index (χ0v) is 21.7. The Labute approximate surface area is 188 Å². The number of hydrogen-bond donors (Lipinski definition) is 0. The Morgan fingerprint density at radius 3 is 0.931 bits per heavy atom. The third-order valence-corrected chi connectivity index (χ3v) is 7.95. The van der Waals surface area contributed by atoms with Crippen LogP contribution in [0.25, 0.3) is 0 Å². The fourth-order valence-electron chi connectivity index (χ4n) is 3.35. The Balaban J connectivity index is 4.03. The van der Waals surface area contributed by atoms with Gasteiger partial charge in [0.1, 0.15) is 0 Å². The van der Waals surface area contributed by atoms with Gasteiger partial charge in [-0.2, -0.15) is 0 Å². The normalized spacial score (nSPS) is 12.0. The predicted octanol–water partition coefficient (Wildman–Crippen LogP) is 8.79. The predicted molar refractivity (Wildman–Crippen MR) is 130 cm³/mol. The van der Waals surface area contributed by atoms with Crippen molar-refractivity contribution in [1.82, 2.24) is 0 Å². The Morgan fingerprint density at radius 1 is 0.414 bits per heavy atom. The van der Waals surface area contributed by atoms with Crippen molar-refractivity contribution in [2.75, 3.05) is 19.8 Å². The van der Waals surface area contributed by atoms with E-state index in [4.69, 9.17) is 24.4 Å². The summed E-state index contributed by atoms with van der Waals surface area (Å²) in [6.07, 6.45) is 22.4. The van der Waals surface area contributed by atoms with Gasteiger partial charge in [0.2, 0.25) is 0 Å². The van der Waals surface area contributed by atoms with E-state index in [0.717, 1.165) is 19.3 Å². The van der Waals surface area contributed by atoms with E-state index in [1.807, 2.05) is 0 Å². The summed E-state index contributed by atoms with van der Waals surface area (Å²) in [5, 5.41) is 0. The maximum Gasteiger partial charge on any atom is 0.613 e. The minimum atomic E-state index is -3.00. The first kappa shape index (κ1) is 29.4. The van der Waals surface area contributed by atoms with Crippen LogP contribution in [0.3, 0.4) is 0 Å². The van der Waals surface area contributed by atoms with Crippen LogP contribution < -0.4 is 0 Å². The zero-order chi connectivity index (χ0) is 21.5. The molecule has 0 aromatic carbocycles. The summed E-state index contributed by atoms with van der Waals surface area (Å²) in [6.45, 7) is 8.73. The van der Waals surface area contributed by atoms with Crippen LogP contribution in [-0.4, -0.2) is 27.9 Å². The summed E-state index contributed by atoms with van der Waals surface area (Å²) in [5.41, 5.74) is 0. The van der Waals surface area contributed by atoms with Crippen molar-refractivity contribution in [3.8, 4) is 0 Å². The molecule has 0 saturated carbocycles. The fraction of sp³-hybridized carbons (Fsp3) is 1.00. The molecule has 29 heavy (non-hydrogen) atoms. The largest absolute Gasteiger partial charge is 0.613 e. The SMILES string of the molecule is CCCCCCCCO[Si](Cl)(OCCCCCCCC)OCCCCCCCC. The molecule has 0 heterocycles. The minimum absolute atomic E-state index is 0.662. The van der Waals surface area contributed by atoms with E-state index >= 15 is 0 Å². The quantitative estimate of drug-likeness (QED) is 0.0834. The maximum atomic E-state index is 6.70. The lowest BCUT2D eigenvalue weighted by atomic mass is 10.1. The topological polar surface area (TPSA) is 27.7 Å². The lowest BCUT2D eigenvalue weighted by Gasteiger charge is -2.23. The van der Waals surface area contributed by atoms with Crippen molar-refractivity contribution < 1.29 is 13.3 Å². The molecule has 0 aliphatic rings. The number of unbranched alkanes of at least 4 members (excludes halogenated alkanes) is 15. The van der Waals surface area contributed by atoms with Gasteiger partial charge >= 0.3 is 8.11 Å². The zero-order valence-electron chi connectivity index (χ0n) is 20.0. The Bertz CT molecular complexity index is 273. The standard InChI is InChI=1S/C24H51ClO3Si/c1-4-7-10-13-16-19-22-26-29(25,27-23-20-17-14-11-8-5-2)28-24-21-18-15-12-9-6-3/h4-24H2,1-3H3. The van der Waals surface area contributed by atoms with Crippen LogP contribution in [0.1, 0.15) is 136 Å². The van der Waals surface area contributed by atoms with Crippen LogP contribution >= 0.6 is 11.1 Å². The van der Waals surface area contributed by atoms with Gasteiger partial charge in [-0.05, 0) is 19.3 Å². The van der Waals surface area contributed by atoms with E-state index in [9.17, 15) is 0 Å². The van der Waals surface area contributed by atoms with Crippen LogP contribution in [-0.2, 0) is 13.3 Å². The highest BCUT2D eigenvalue weighted by molar-refractivity contribution is 7.09. The molecule has 0 aliphatic heterocycles. The molecule has 0 aromatic heterocycles. The molecule has 0 aliphatic carbocycles. The maximum absolute atomic E-state index is 6.70. The molecule has 0 rings (SSSR count). The Hall–Kier alpha value is 0.387. The smallest absolute Gasteiger partial charge is 0.362 e. The number of rotatable bonds is 24. The van der Waals surface area contributed by atoms with Gasteiger partial charge in [-0.15, -0.1) is 0 Å². The van der Waals surface area contributed by atoms with Gasteiger partial charge in [0.05, 0.1) is 0 Å². The van der Waals surface area contributed by atoms with E-state index in [2.05, 4.69) is 20.8 Å². The van der Waals surface area contributed by atoms with Crippen molar-refractivity contribution in [2.45, 2.75) is 136 Å². The molecule has 0 fully saturated rings. The van der Waals surface area contributed by atoms with Crippen molar-refractivity contribution in [1.29, 1.82) is 0 Å². The van der Waals surface area contributed by atoms with E-state index in [-0.39, 0.29) is 0 Å². The molecule has 0 bridgehead atoms. The first-order valence-electron chi connectivity index (χ1n) is 12.8. The molecule has 176 valence electrons. The number of halogens is 1. The summed E-state index contributed by atoms with van der Waals surface area (Å²) in [7, 11) is -3.00. The molecule has 0 N–H and O–H groups in total. The van der Waals surface area contributed by atoms with Crippen LogP contribution in [0, 0.1) is 0 Å². The number of hydrogen-bond acceptors (Lipinski definition) is 3. The second-order valence-electron chi connectivity index (χ2n) is 8.33. The molecule has 0 spiro atoms. The van der Waals surface area contributed by atoms with Gasteiger partial charge in [0.15, 0.2) is 0 Å². The van der Waals surface area contributed by atoms with Crippen LogP contribution in [0.4, 0.5) is 0 Å². The van der Waals surface area contributed by atoms with Crippen LogP contribution in [0.5, 0.6) is 0 Å². The highest BCUT2D eigenvalue weighted by Gasteiger charge is 2.39. The van der Waals surface area contributed by atoms with Crippen LogP contribution in [0.2, 0.25) is 0 Å². The van der Waals surface area contributed by atoms with Gasteiger partial charge in [0, 0.05) is 19.8 Å². The van der Waals surface area contributed by atoms with E-state index < -0.39 is 8.11 Å². The van der Waals surface area contributed by atoms with Gasteiger partial charge in [-0.3, -0.25) is 0 Å².